The minimum Gasteiger partial charge on any atom is -0.705 e. The molecular weight excluding hydrogens is 251 g/mol. The monoisotopic (exact) mass is 260 g/mol. The number of halogens is 4. The van der Waals surface area contributed by atoms with E-state index in [2.05, 4.69) is 0 Å². The molecule has 0 fully saturated rings. The first-order chi connectivity index (χ1) is 7.91. The first-order valence-electron chi connectivity index (χ1n) is 4.78. The van der Waals surface area contributed by atoms with E-state index in [1.54, 1.807) is 6.92 Å². The summed E-state index contributed by atoms with van der Waals surface area (Å²) in [4.78, 5) is 0. The van der Waals surface area contributed by atoms with Gasteiger partial charge in [0.2, 0.25) is 0 Å². The summed E-state index contributed by atoms with van der Waals surface area (Å²) in [5, 5.41) is 0.0195. The molecule has 0 unspecified atom stereocenters. The molecule has 0 heterocycles. The van der Waals surface area contributed by atoms with Gasteiger partial charge in [-0.2, -0.15) is 19.4 Å². The van der Waals surface area contributed by atoms with Crippen LogP contribution in [0.25, 0.3) is 11.3 Å². The van der Waals surface area contributed by atoms with Crippen molar-refractivity contribution in [2.45, 2.75) is 13.1 Å². The number of alkyl halides is 3. The zero-order chi connectivity index (χ0) is 13.1. The molecule has 1 N–H and O–H groups in total. The van der Waals surface area contributed by atoms with Gasteiger partial charge in [0, 0.05) is 10.6 Å². The van der Waals surface area contributed by atoms with Crippen LogP contribution in [0, 0.1) is 0 Å². The second-order valence-corrected chi connectivity index (χ2v) is 3.64. The molecule has 17 heavy (non-hydrogen) atoms. The van der Waals surface area contributed by atoms with Gasteiger partial charge in [0.1, 0.15) is 0 Å². The molecule has 0 aliphatic carbocycles. The first-order valence-corrected chi connectivity index (χ1v) is 5.15. The fraction of sp³-hybridized carbons (Fsp3) is 0.167. The van der Waals surface area contributed by atoms with Crippen molar-refractivity contribution in [3.8, 4) is 0 Å². The SMILES string of the molecule is C/C=C(\C=C/[NH-])c1c(Cl)cccc1C(F)(F)F. The van der Waals surface area contributed by atoms with Gasteiger partial charge < -0.3 is 5.73 Å². The maximum atomic E-state index is 12.8. The van der Waals surface area contributed by atoms with Crippen molar-refractivity contribution < 1.29 is 13.2 Å². The number of benzene rings is 1. The summed E-state index contributed by atoms with van der Waals surface area (Å²) in [6.07, 6.45) is -0.777. The van der Waals surface area contributed by atoms with E-state index in [0.29, 0.717) is 0 Å². The van der Waals surface area contributed by atoms with Crippen LogP contribution < -0.4 is 0 Å². The topological polar surface area (TPSA) is 23.8 Å². The molecule has 0 atom stereocenters. The Labute approximate surface area is 102 Å². The van der Waals surface area contributed by atoms with Crippen molar-refractivity contribution in [1.29, 1.82) is 0 Å². The Bertz CT molecular complexity index is 461. The maximum absolute atomic E-state index is 12.8. The highest BCUT2D eigenvalue weighted by molar-refractivity contribution is 6.32. The van der Waals surface area contributed by atoms with Crippen molar-refractivity contribution in [2.75, 3.05) is 0 Å². The molecule has 0 radical (unpaired) electrons. The van der Waals surface area contributed by atoms with Crippen LogP contribution in [0.15, 0.2) is 36.6 Å². The number of allylic oxidation sites excluding steroid dienone is 3. The van der Waals surface area contributed by atoms with E-state index in [9.17, 15) is 13.2 Å². The van der Waals surface area contributed by atoms with Crippen LogP contribution in [0.3, 0.4) is 0 Å². The molecular formula is C12H10ClF3N-. The second-order valence-electron chi connectivity index (χ2n) is 3.24. The molecule has 0 aliphatic heterocycles. The number of nitrogens with one attached hydrogen (secondary N) is 1. The Morgan fingerprint density at radius 3 is 2.47 bits per heavy atom. The molecule has 1 nitrogen and oxygen atoms in total. The van der Waals surface area contributed by atoms with Gasteiger partial charge in [-0.15, -0.1) is 0 Å². The lowest BCUT2D eigenvalue weighted by Crippen LogP contribution is -2.08. The fourth-order valence-electron chi connectivity index (χ4n) is 1.47. The van der Waals surface area contributed by atoms with Crippen LogP contribution in [0.1, 0.15) is 18.1 Å². The van der Waals surface area contributed by atoms with Gasteiger partial charge in [-0.1, -0.05) is 29.8 Å². The van der Waals surface area contributed by atoms with Crippen molar-refractivity contribution in [3.05, 3.63) is 58.4 Å². The molecule has 0 aromatic heterocycles. The Kier molecular flexibility index (Phi) is 4.23. The summed E-state index contributed by atoms with van der Waals surface area (Å²) in [6.45, 7) is 1.60. The van der Waals surface area contributed by atoms with E-state index in [1.165, 1.54) is 24.3 Å². The summed E-state index contributed by atoms with van der Waals surface area (Å²) < 4.78 is 38.4. The highest BCUT2D eigenvalue weighted by Crippen LogP contribution is 2.38. The second kappa shape index (κ2) is 5.27. The highest BCUT2D eigenvalue weighted by atomic mass is 35.5. The van der Waals surface area contributed by atoms with Gasteiger partial charge in [0.15, 0.2) is 0 Å². The summed E-state index contributed by atoms with van der Waals surface area (Å²) in [5.74, 6) is 0. The van der Waals surface area contributed by atoms with Crippen molar-refractivity contribution in [1.82, 2.24) is 0 Å². The third-order valence-electron chi connectivity index (χ3n) is 2.18. The van der Waals surface area contributed by atoms with Crippen LogP contribution in [0.2, 0.25) is 5.02 Å². The van der Waals surface area contributed by atoms with Gasteiger partial charge in [-0.05, 0) is 24.6 Å². The van der Waals surface area contributed by atoms with E-state index in [1.807, 2.05) is 0 Å². The standard InChI is InChI=1S/C12H10ClF3N/c1-2-8(6-7-17)11-9(12(14,15)16)4-3-5-10(11)13/h2-7,17H,1H3/q-1/b7-6-,8-2+. The molecule has 0 amide bonds. The average molecular weight is 261 g/mol. The Morgan fingerprint density at radius 1 is 1.35 bits per heavy atom. The smallest absolute Gasteiger partial charge is 0.417 e. The molecule has 0 saturated heterocycles. The Morgan fingerprint density at radius 2 is 2.00 bits per heavy atom. The van der Waals surface area contributed by atoms with Crippen molar-refractivity contribution in [3.63, 3.8) is 0 Å². The van der Waals surface area contributed by atoms with Crippen molar-refractivity contribution in [2.24, 2.45) is 0 Å². The quantitative estimate of drug-likeness (QED) is 0.642. The van der Waals surface area contributed by atoms with E-state index in [-0.39, 0.29) is 16.2 Å². The van der Waals surface area contributed by atoms with Crippen LogP contribution in [0.4, 0.5) is 13.2 Å². The lowest BCUT2D eigenvalue weighted by Gasteiger charge is -2.15. The normalized spacial score (nSPS) is 13.4. The van der Waals surface area contributed by atoms with Crippen LogP contribution in [-0.4, -0.2) is 0 Å². The maximum Gasteiger partial charge on any atom is 0.417 e. The average Bonchev–Trinajstić information content (AvgIpc) is 2.25. The van der Waals surface area contributed by atoms with E-state index >= 15 is 0 Å². The molecule has 1 aromatic rings. The summed E-state index contributed by atoms with van der Waals surface area (Å²) in [7, 11) is 0. The van der Waals surface area contributed by atoms with Crippen LogP contribution in [0.5, 0.6) is 0 Å². The molecule has 92 valence electrons. The number of hydrogen-bond donors (Lipinski definition) is 0. The summed E-state index contributed by atoms with van der Waals surface area (Å²) in [6, 6.07) is 3.63. The van der Waals surface area contributed by atoms with E-state index in [4.69, 9.17) is 17.3 Å². The number of hydrogen-bond acceptors (Lipinski definition) is 0. The molecule has 1 rings (SSSR count). The first kappa shape index (κ1) is 13.6. The lowest BCUT2D eigenvalue weighted by molar-refractivity contribution is -0.137. The molecule has 1 aromatic carbocycles. The molecule has 5 heteroatoms. The zero-order valence-corrected chi connectivity index (χ0v) is 9.73. The van der Waals surface area contributed by atoms with Gasteiger partial charge in [0.05, 0.1) is 5.56 Å². The largest absolute Gasteiger partial charge is 0.705 e. The Balaban J connectivity index is 3.50. The van der Waals surface area contributed by atoms with Gasteiger partial charge in [-0.25, -0.2) is 0 Å². The molecule has 0 saturated carbocycles. The minimum absolute atomic E-state index is 0.0195. The van der Waals surface area contributed by atoms with Crippen LogP contribution in [-0.2, 0) is 6.18 Å². The van der Waals surface area contributed by atoms with Crippen LogP contribution >= 0.6 is 11.6 Å². The minimum atomic E-state index is -4.47. The van der Waals surface area contributed by atoms with Gasteiger partial charge in [0.25, 0.3) is 0 Å². The highest BCUT2D eigenvalue weighted by Gasteiger charge is 2.34. The zero-order valence-electron chi connectivity index (χ0n) is 8.98. The summed E-state index contributed by atoms with van der Waals surface area (Å²) in [5.41, 5.74) is 6.33. The van der Waals surface area contributed by atoms with Gasteiger partial charge >= 0.3 is 6.18 Å². The third-order valence-corrected chi connectivity index (χ3v) is 2.50. The summed E-state index contributed by atoms with van der Waals surface area (Å²) >= 11 is 5.81. The fourth-order valence-corrected chi connectivity index (χ4v) is 1.75. The molecule has 0 bridgehead atoms. The van der Waals surface area contributed by atoms with E-state index in [0.717, 1.165) is 12.3 Å². The number of rotatable bonds is 2. The van der Waals surface area contributed by atoms with Gasteiger partial charge in [-0.3, -0.25) is 0 Å². The Hall–Kier alpha value is -1.42. The lowest BCUT2D eigenvalue weighted by atomic mass is 9.99. The predicted octanol–water partition coefficient (Wildman–Crippen LogP) is 5.33. The predicted molar refractivity (Wildman–Crippen MR) is 63.6 cm³/mol. The molecule has 0 spiro atoms. The van der Waals surface area contributed by atoms with E-state index < -0.39 is 11.7 Å². The third kappa shape index (κ3) is 3.03. The molecule has 0 aliphatic rings. The van der Waals surface area contributed by atoms with Crippen molar-refractivity contribution >= 4 is 17.2 Å².